The van der Waals surface area contributed by atoms with Gasteiger partial charge in [-0.1, -0.05) is 29.3 Å². The zero-order chi connectivity index (χ0) is 19.6. The fraction of sp³-hybridized carbons (Fsp3) is 0.222. The first-order valence-corrected chi connectivity index (χ1v) is 8.86. The van der Waals surface area contributed by atoms with Crippen LogP contribution in [0.5, 0.6) is 0 Å². The van der Waals surface area contributed by atoms with Gasteiger partial charge in [-0.05, 0) is 32.0 Å². The van der Waals surface area contributed by atoms with Crippen molar-refractivity contribution in [3.8, 4) is 0 Å². The summed E-state index contributed by atoms with van der Waals surface area (Å²) in [5.74, 6) is -1.19. The molecule has 2 aromatic heterocycles. The lowest BCUT2D eigenvalue weighted by atomic mass is 10.2. The number of rotatable bonds is 5. The molecule has 0 fully saturated rings. The molecule has 3 aromatic rings. The van der Waals surface area contributed by atoms with Gasteiger partial charge in [-0.3, -0.25) is 4.79 Å². The van der Waals surface area contributed by atoms with Crippen LogP contribution in [-0.4, -0.2) is 33.2 Å². The number of amides is 1. The van der Waals surface area contributed by atoms with E-state index in [0.29, 0.717) is 21.7 Å². The fourth-order valence-corrected chi connectivity index (χ4v) is 2.78. The first-order valence-electron chi connectivity index (χ1n) is 8.11. The van der Waals surface area contributed by atoms with Crippen LogP contribution in [0.15, 0.2) is 36.7 Å². The highest BCUT2D eigenvalue weighted by Crippen LogP contribution is 2.29. The standard InChI is InChI=1S/C18H16Cl2N4O3/c1-10(2)24-17-11(8-22-24)6-12(7-21-17)18(26)27-9-15(25)23-14-5-3-4-13(19)16(14)20/h3-8,10H,9H2,1-2H3,(H,23,25). The van der Waals surface area contributed by atoms with E-state index in [2.05, 4.69) is 15.4 Å². The number of anilines is 1. The topological polar surface area (TPSA) is 86.1 Å². The molecule has 140 valence electrons. The molecule has 0 saturated heterocycles. The number of nitrogens with one attached hydrogen (secondary N) is 1. The van der Waals surface area contributed by atoms with E-state index in [1.54, 1.807) is 35.1 Å². The zero-order valence-corrected chi connectivity index (χ0v) is 16.1. The third kappa shape index (κ3) is 4.20. The van der Waals surface area contributed by atoms with E-state index >= 15 is 0 Å². The van der Waals surface area contributed by atoms with Gasteiger partial charge in [0.2, 0.25) is 0 Å². The molecule has 0 radical (unpaired) electrons. The van der Waals surface area contributed by atoms with Crippen LogP contribution in [-0.2, 0) is 9.53 Å². The van der Waals surface area contributed by atoms with Gasteiger partial charge in [-0.25, -0.2) is 14.5 Å². The number of fused-ring (bicyclic) bond motifs is 1. The Morgan fingerprint density at radius 2 is 2.04 bits per heavy atom. The van der Waals surface area contributed by atoms with Crippen LogP contribution in [0, 0.1) is 0 Å². The summed E-state index contributed by atoms with van der Waals surface area (Å²) >= 11 is 11.9. The summed E-state index contributed by atoms with van der Waals surface area (Å²) in [6.07, 6.45) is 3.03. The van der Waals surface area contributed by atoms with Gasteiger partial charge in [-0.15, -0.1) is 0 Å². The largest absolute Gasteiger partial charge is 0.452 e. The SMILES string of the molecule is CC(C)n1ncc2cc(C(=O)OCC(=O)Nc3cccc(Cl)c3Cl)cnc21. The average Bonchev–Trinajstić information content (AvgIpc) is 3.07. The minimum atomic E-state index is -0.658. The molecule has 27 heavy (non-hydrogen) atoms. The normalized spacial score (nSPS) is 11.0. The van der Waals surface area contributed by atoms with Crippen LogP contribution < -0.4 is 5.32 Å². The summed E-state index contributed by atoms with van der Waals surface area (Å²) in [5.41, 5.74) is 1.25. The number of carbonyl (C=O) groups excluding carboxylic acids is 2. The van der Waals surface area contributed by atoms with Gasteiger partial charge in [-0.2, -0.15) is 5.10 Å². The molecular weight excluding hydrogens is 391 g/mol. The minimum Gasteiger partial charge on any atom is -0.452 e. The zero-order valence-electron chi connectivity index (χ0n) is 14.6. The van der Waals surface area contributed by atoms with E-state index in [-0.39, 0.29) is 16.6 Å². The summed E-state index contributed by atoms with van der Waals surface area (Å²) < 4.78 is 6.80. The van der Waals surface area contributed by atoms with Crippen molar-refractivity contribution in [3.05, 3.63) is 52.3 Å². The van der Waals surface area contributed by atoms with E-state index in [0.717, 1.165) is 0 Å². The molecule has 0 aliphatic rings. The van der Waals surface area contributed by atoms with Crippen molar-refractivity contribution in [1.82, 2.24) is 14.8 Å². The number of esters is 1. The summed E-state index contributed by atoms with van der Waals surface area (Å²) in [6, 6.07) is 6.62. The Morgan fingerprint density at radius 1 is 1.26 bits per heavy atom. The number of halogens is 2. The van der Waals surface area contributed by atoms with Gasteiger partial charge in [0, 0.05) is 17.6 Å². The third-order valence-electron chi connectivity index (χ3n) is 3.72. The molecule has 0 unspecified atom stereocenters. The predicted octanol–water partition coefficient (Wildman–Crippen LogP) is 4.11. The Bertz CT molecular complexity index is 1020. The fourth-order valence-electron chi connectivity index (χ4n) is 2.43. The maximum Gasteiger partial charge on any atom is 0.340 e. The van der Waals surface area contributed by atoms with Crippen LogP contribution >= 0.6 is 23.2 Å². The molecule has 1 N–H and O–H groups in total. The lowest BCUT2D eigenvalue weighted by molar-refractivity contribution is -0.119. The number of hydrogen-bond donors (Lipinski definition) is 1. The number of carbonyl (C=O) groups is 2. The smallest absolute Gasteiger partial charge is 0.340 e. The van der Waals surface area contributed by atoms with E-state index in [4.69, 9.17) is 27.9 Å². The number of nitrogens with zero attached hydrogens (tertiary/aromatic N) is 3. The Balaban J connectivity index is 1.64. The Morgan fingerprint density at radius 3 is 2.78 bits per heavy atom. The average molecular weight is 407 g/mol. The maximum absolute atomic E-state index is 12.2. The quantitative estimate of drug-likeness (QED) is 0.644. The molecule has 0 aliphatic carbocycles. The molecule has 9 heteroatoms. The number of benzene rings is 1. The second-order valence-corrected chi connectivity index (χ2v) is 6.83. The molecule has 2 heterocycles. The molecule has 0 spiro atoms. The van der Waals surface area contributed by atoms with Crippen molar-refractivity contribution >= 4 is 51.8 Å². The predicted molar refractivity (Wildman–Crippen MR) is 103 cm³/mol. The summed E-state index contributed by atoms with van der Waals surface area (Å²) in [5, 5.41) is 8.04. The third-order valence-corrected chi connectivity index (χ3v) is 4.54. The number of ether oxygens (including phenoxy) is 1. The van der Waals surface area contributed by atoms with Crippen molar-refractivity contribution in [2.45, 2.75) is 19.9 Å². The Hall–Kier alpha value is -2.64. The van der Waals surface area contributed by atoms with Crippen LogP contribution in [0.1, 0.15) is 30.2 Å². The van der Waals surface area contributed by atoms with Crippen molar-refractivity contribution in [2.24, 2.45) is 0 Å². The molecule has 0 saturated carbocycles. The van der Waals surface area contributed by atoms with Crippen LogP contribution in [0.2, 0.25) is 10.0 Å². The molecule has 7 nitrogen and oxygen atoms in total. The highest BCUT2D eigenvalue weighted by Gasteiger charge is 2.15. The maximum atomic E-state index is 12.2. The monoisotopic (exact) mass is 406 g/mol. The van der Waals surface area contributed by atoms with Crippen molar-refractivity contribution in [1.29, 1.82) is 0 Å². The van der Waals surface area contributed by atoms with E-state index < -0.39 is 18.5 Å². The Labute approximate surface area is 165 Å². The summed E-state index contributed by atoms with van der Waals surface area (Å²) in [4.78, 5) is 28.4. The highest BCUT2D eigenvalue weighted by molar-refractivity contribution is 6.44. The lowest BCUT2D eigenvalue weighted by Crippen LogP contribution is -2.21. The number of pyridine rings is 1. The second kappa shape index (κ2) is 7.94. The first kappa shape index (κ1) is 19.1. The molecule has 1 amide bonds. The van der Waals surface area contributed by atoms with Crippen molar-refractivity contribution in [3.63, 3.8) is 0 Å². The molecule has 1 aromatic carbocycles. The van der Waals surface area contributed by atoms with Gasteiger partial charge < -0.3 is 10.1 Å². The van der Waals surface area contributed by atoms with Gasteiger partial charge in [0.15, 0.2) is 12.3 Å². The van der Waals surface area contributed by atoms with Crippen LogP contribution in [0.4, 0.5) is 5.69 Å². The van der Waals surface area contributed by atoms with Crippen LogP contribution in [0.25, 0.3) is 11.0 Å². The van der Waals surface area contributed by atoms with Gasteiger partial charge >= 0.3 is 5.97 Å². The van der Waals surface area contributed by atoms with Crippen molar-refractivity contribution in [2.75, 3.05) is 11.9 Å². The van der Waals surface area contributed by atoms with Gasteiger partial charge in [0.05, 0.1) is 27.5 Å². The molecule has 0 bridgehead atoms. The van der Waals surface area contributed by atoms with E-state index in [1.165, 1.54) is 6.20 Å². The molecular formula is C18H16Cl2N4O3. The van der Waals surface area contributed by atoms with Gasteiger partial charge in [0.25, 0.3) is 5.91 Å². The van der Waals surface area contributed by atoms with E-state index in [1.807, 2.05) is 13.8 Å². The summed E-state index contributed by atoms with van der Waals surface area (Å²) in [7, 11) is 0. The highest BCUT2D eigenvalue weighted by atomic mass is 35.5. The molecule has 3 rings (SSSR count). The summed E-state index contributed by atoms with van der Waals surface area (Å²) in [6.45, 7) is 3.51. The van der Waals surface area contributed by atoms with Crippen molar-refractivity contribution < 1.29 is 14.3 Å². The number of hydrogen-bond acceptors (Lipinski definition) is 5. The van der Waals surface area contributed by atoms with Gasteiger partial charge in [0.1, 0.15) is 0 Å². The Kier molecular flexibility index (Phi) is 5.62. The number of aromatic nitrogens is 3. The second-order valence-electron chi connectivity index (χ2n) is 6.05. The molecule has 0 atom stereocenters. The van der Waals surface area contributed by atoms with E-state index in [9.17, 15) is 9.59 Å². The minimum absolute atomic E-state index is 0.148. The van der Waals surface area contributed by atoms with Crippen LogP contribution in [0.3, 0.4) is 0 Å². The first-order chi connectivity index (χ1) is 12.9. The lowest BCUT2D eigenvalue weighted by Gasteiger charge is -2.09. The molecule has 0 aliphatic heterocycles.